The van der Waals surface area contributed by atoms with Gasteiger partial charge in [0, 0.05) is 18.3 Å². The van der Waals surface area contributed by atoms with Crippen molar-refractivity contribution < 1.29 is 4.79 Å². The largest absolute Gasteiger partial charge is 0.318 e. The Bertz CT molecular complexity index is 586. The summed E-state index contributed by atoms with van der Waals surface area (Å²) in [5.74, 6) is -0.346. The number of benzene rings is 1. The number of carbonyl (C=O) groups excluding carboxylic acids is 1. The van der Waals surface area contributed by atoms with Gasteiger partial charge in [0.05, 0.1) is 15.7 Å². The van der Waals surface area contributed by atoms with Crippen molar-refractivity contribution in [1.82, 2.24) is 9.78 Å². The number of nitrogens with zero attached hydrogens (tertiary/aromatic N) is 2. The molecule has 1 aromatic heterocycles. The van der Waals surface area contributed by atoms with Crippen molar-refractivity contribution in [2.75, 3.05) is 5.32 Å². The summed E-state index contributed by atoms with van der Waals surface area (Å²) in [6.45, 7) is 0. The van der Waals surface area contributed by atoms with Gasteiger partial charge in [0.25, 0.3) is 5.91 Å². The third-order valence-corrected chi connectivity index (χ3v) is 3.11. The van der Waals surface area contributed by atoms with E-state index in [2.05, 4.69) is 10.4 Å². The smallest absolute Gasteiger partial charge is 0.273 e. The van der Waals surface area contributed by atoms with Crippen LogP contribution in [0.5, 0.6) is 0 Å². The van der Waals surface area contributed by atoms with Crippen molar-refractivity contribution in [3.05, 3.63) is 45.2 Å². The first-order valence-electron chi connectivity index (χ1n) is 4.93. The van der Waals surface area contributed by atoms with Crippen molar-refractivity contribution in [2.24, 2.45) is 7.05 Å². The van der Waals surface area contributed by atoms with Gasteiger partial charge >= 0.3 is 0 Å². The second-order valence-electron chi connectivity index (χ2n) is 3.54. The number of aromatic nitrogens is 2. The summed E-state index contributed by atoms with van der Waals surface area (Å²) in [4.78, 5) is 12.0. The number of carbonyl (C=O) groups is 1. The van der Waals surface area contributed by atoms with Crippen LogP contribution in [0.3, 0.4) is 0 Å². The van der Waals surface area contributed by atoms with E-state index in [0.717, 1.165) is 0 Å². The second kappa shape index (κ2) is 5.18. The topological polar surface area (TPSA) is 46.9 Å². The molecule has 0 saturated carbocycles. The van der Waals surface area contributed by atoms with Crippen LogP contribution in [0, 0.1) is 0 Å². The molecule has 7 heteroatoms. The SMILES string of the molecule is Cn1nccc1C(=O)Nc1c(Cl)cc(Cl)cc1Cl. The van der Waals surface area contributed by atoms with Gasteiger partial charge in [-0.15, -0.1) is 0 Å². The number of hydrogen-bond acceptors (Lipinski definition) is 2. The van der Waals surface area contributed by atoms with Crippen molar-refractivity contribution in [3.63, 3.8) is 0 Å². The van der Waals surface area contributed by atoms with Crippen LogP contribution in [-0.4, -0.2) is 15.7 Å². The average Bonchev–Trinajstić information content (AvgIpc) is 2.69. The minimum absolute atomic E-state index is 0.281. The lowest BCUT2D eigenvalue weighted by atomic mass is 10.3. The standard InChI is InChI=1S/C11H8Cl3N3O/c1-17-9(2-3-15-17)11(18)16-10-7(13)4-6(12)5-8(10)14/h2-5H,1H3,(H,16,18). The molecule has 0 radical (unpaired) electrons. The summed E-state index contributed by atoms with van der Waals surface area (Å²) in [7, 11) is 1.67. The molecule has 0 fully saturated rings. The van der Waals surface area contributed by atoms with Crippen LogP contribution < -0.4 is 5.32 Å². The Morgan fingerprint density at radius 2 is 1.89 bits per heavy atom. The molecule has 0 atom stereocenters. The zero-order valence-electron chi connectivity index (χ0n) is 9.25. The lowest BCUT2D eigenvalue weighted by Gasteiger charge is -2.09. The molecule has 1 heterocycles. The van der Waals surface area contributed by atoms with Gasteiger partial charge in [-0.3, -0.25) is 9.48 Å². The number of halogens is 3. The maximum atomic E-state index is 12.0. The van der Waals surface area contributed by atoms with Crippen molar-refractivity contribution in [1.29, 1.82) is 0 Å². The highest BCUT2D eigenvalue weighted by Gasteiger charge is 2.14. The van der Waals surface area contributed by atoms with E-state index in [-0.39, 0.29) is 16.0 Å². The molecule has 0 bridgehead atoms. The number of aryl methyl sites for hydroxylation is 1. The van der Waals surface area contributed by atoms with Crippen LogP contribution in [-0.2, 0) is 7.05 Å². The maximum Gasteiger partial charge on any atom is 0.273 e. The summed E-state index contributed by atoms with van der Waals surface area (Å²) in [6, 6.07) is 4.61. The zero-order chi connectivity index (χ0) is 13.3. The molecular formula is C11H8Cl3N3O. The van der Waals surface area contributed by atoms with E-state index in [4.69, 9.17) is 34.8 Å². The first-order chi connectivity index (χ1) is 8.49. The van der Waals surface area contributed by atoms with Gasteiger partial charge in [-0.1, -0.05) is 34.8 Å². The minimum Gasteiger partial charge on any atom is -0.318 e. The van der Waals surface area contributed by atoms with Gasteiger partial charge in [0.15, 0.2) is 0 Å². The number of hydrogen-bond donors (Lipinski definition) is 1. The molecule has 0 aliphatic rings. The summed E-state index contributed by atoms with van der Waals surface area (Å²) >= 11 is 17.7. The zero-order valence-corrected chi connectivity index (χ0v) is 11.5. The fourth-order valence-electron chi connectivity index (χ4n) is 1.44. The highest BCUT2D eigenvalue weighted by Crippen LogP contribution is 2.33. The summed E-state index contributed by atoms with van der Waals surface area (Å²) in [6.07, 6.45) is 1.53. The lowest BCUT2D eigenvalue weighted by molar-refractivity contribution is 0.101. The third-order valence-electron chi connectivity index (χ3n) is 2.30. The van der Waals surface area contributed by atoms with Gasteiger partial charge in [-0.2, -0.15) is 5.10 Å². The quantitative estimate of drug-likeness (QED) is 0.921. The van der Waals surface area contributed by atoms with Gasteiger partial charge in [0.2, 0.25) is 0 Å². The Balaban J connectivity index is 2.31. The maximum absolute atomic E-state index is 12.0. The third kappa shape index (κ3) is 2.61. The molecule has 2 aromatic rings. The van der Waals surface area contributed by atoms with E-state index in [1.165, 1.54) is 23.0 Å². The van der Waals surface area contributed by atoms with Gasteiger partial charge in [0.1, 0.15) is 5.69 Å². The molecule has 0 aliphatic heterocycles. The Morgan fingerprint density at radius 3 is 2.39 bits per heavy atom. The first kappa shape index (κ1) is 13.2. The van der Waals surface area contributed by atoms with Crippen molar-refractivity contribution in [2.45, 2.75) is 0 Å². The van der Waals surface area contributed by atoms with Gasteiger partial charge in [-0.05, 0) is 18.2 Å². The number of anilines is 1. The molecule has 0 spiro atoms. The molecule has 1 N–H and O–H groups in total. The van der Waals surface area contributed by atoms with Crippen LogP contribution in [0.25, 0.3) is 0 Å². The Hall–Kier alpha value is -1.23. The number of amides is 1. The first-order valence-corrected chi connectivity index (χ1v) is 6.06. The molecule has 1 amide bonds. The van der Waals surface area contributed by atoms with E-state index in [9.17, 15) is 4.79 Å². The lowest BCUT2D eigenvalue weighted by Crippen LogP contribution is -2.16. The minimum atomic E-state index is -0.346. The summed E-state index contributed by atoms with van der Waals surface area (Å²) < 4.78 is 1.45. The fraction of sp³-hybridized carbons (Fsp3) is 0.0909. The predicted molar refractivity (Wildman–Crippen MR) is 72.6 cm³/mol. The monoisotopic (exact) mass is 303 g/mol. The molecule has 4 nitrogen and oxygen atoms in total. The van der Waals surface area contributed by atoms with E-state index in [1.807, 2.05) is 0 Å². The molecule has 1 aromatic carbocycles. The highest BCUT2D eigenvalue weighted by molar-refractivity contribution is 6.42. The normalized spacial score (nSPS) is 10.4. The second-order valence-corrected chi connectivity index (χ2v) is 4.79. The molecule has 18 heavy (non-hydrogen) atoms. The van der Waals surface area contributed by atoms with E-state index in [1.54, 1.807) is 13.1 Å². The molecule has 0 unspecified atom stereocenters. The van der Waals surface area contributed by atoms with Crippen LogP contribution in [0.4, 0.5) is 5.69 Å². The Morgan fingerprint density at radius 1 is 1.28 bits per heavy atom. The van der Waals surface area contributed by atoms with E-state index < -0.39 is 0 Å². The van der Waals surface area contributed by atoms with Gasteiger partial charge in [-0.25, -0.2) is 0 Å². The van der Waals surface area contributed by atoms with Crippen LogP contribution in [0.15, 0.2) is 24.4 Å². The number of rotatable bonds is 2. The summed E-state index contributed by atoms with van der Waals surface area (Å²) in [5, 5.41) is 7.50. The van der Waals surface area contributed by atoms with E-state index >= 15 is 0 Å². The van der Waals surface area contributed by atoms with Crippen molar-refractivity contribution >= 4 is 46.4 Å². The number of nitrogens with one attached hydrogen (secondary N) is 1. The predicted octanol–water partition coefficient (Wildman–Crippen LogP) is 3.63. The fourth-order valence-corrected chi connectivity index (χ4v) is 2.35. The van der Waals surface area contributed by atoms with Gasteiger partial charge < -0.3 is 5.32 Å². The van der Waals surface area contributed by atoms with E-state index in [0.29, 0.717) is 16.4 Å². The van der Waals surface area contributed by atoms with Crippen LogP contribution in [0.2, 0.25) is 15.1 Å². The molecular weight excluding hydrogens is 296 g/mol. The Labute approximate surface area is 118 Å². The highest BCUT2D eigenvalue weighted by atomic mass is 35.5. The molecule has 0 saturated heterocycles. The average molecular weight is 305 g/mol. The van der Waals surface area contributed by atoms with Crippen molar-refractivity contribution in [3.8, 4) is 0 Å². The molecule has 0 aliphatic carbocycles. The Kier molecular flexibility index (Phi) is 3.80. The molecule has 2 rings (SSSR count). The molecule has 94 valence electrons. The van der Waals surface area contributed by atoms with Crippen LogP contribution >= 0.6 is 34.8 Å². The van der Waals surface area contributed by atoms with Crippen LogP contribution in [0.1, 0.15) is 10.5 Å². The summed E-state index contributed by atoms with van der Waals surface area (Å²) in [5.41, 5.74) is 0.728.